The minimum Gasteiger partial charge on any atom is -0.333 e. The Kier molecular flexibility index (Phi) is 7.81. The summed E-state index contributed by atoms with van der Waals surface area (Å²) in [6.45, 7) is 0.876. The standard InChI is InChI=1S/C23H29N3O4S/c1-25(17-19-9-5-4-6-10-19)31(29,30)21-14-12-20(13-15-21)24-22(27)18-26-16-8-3-2-7-11-23(26)28/h4-6,9-10,12-15H,2-3,7-8,11,16-18H2,1H3,(H,24,27). The molecule has 8 heteroatoms. The van der Waals surface area contributed by atoms with E-state index in [4.69, 9.17) is 0 Å². The van der Waals surface area contributed by atoms with Crippen molar-refractivity contribution in [3.63, 3.8) is 0 Å². The molecular weight excluding hydrogens is 414 g/mol. The van der Waals surface area contributed by atoms with Crippen LogP contribution in [-0.4, -0.2) is 49.6 Å². The Morgan fingerprint density at radius 1 is 1.00 bits per heavy atom. The lowest BCUT2D eigenvalue weighted by atomic mass is 10.1. The molecule has 2 aromatic carbocycles. The fraction of sp³-hybridized carbons (Fsp3) is 0.391. The average molecular weight is 444 g/mol. The molecule has 2 aromatic rings. The van der Waals surface area contributed by atoms with Gasteiger partial charge in [0.05, 0.1) is 11.4 Å². The van der Waals surface area contributed by atoms with Crippen molar-refractivity contribution in [2.75, 3.05) is 25.5 Å². The number of hydrogen-bond donors (Lipinski definition) is 1. The Labute approximate surface area is 184 Å². The van der Waals surface area contributed by atoms with Gasteiger partial charge in [-0.15, -0.1) is 0 Å². The molecule has 1 aliphatic heterocycles. The van der Waals surface area contributed by atoms with Crippen LogP contribution in [0.4, 0.5) is 5.69 Å². The smallest absolute Gasteiger partial charge is 0.243 e. The molecule has 0 aliphatic carbocycles. The van der Waals surface area contributed by atoms with Gasteiger partial charge in [0.15, 0.2) is 0 Å². The number of likely N-dealkylation sites (tertiary alicyclic amines) is 1. The summed E-state index contributed by atoms with van der Waals surface area (Å²) in [6, 6.07) is 15.5. The SMILES string of the molecule is CN(Cc1ccccc1)S(=O)(=O)c1ccc(NC(=O)CN2CCCCCCC2=O)cc1. The van der Waals surface area contributed by atoms with Crippen LogP contribution < -0.4 is 5.32 Å². The summed E-state index contributed by atoms with van der Waals surface area (Å²) in [4.78, 5) is 26.3. The molecule has 1 N–H and O–H groups in total. The van der Waals surface area contributed by atoms with Crippen LogP contribution in [0.3, 0.4) is 0 Å². The van der Waals surface area contributed by atoms with Gasteiger partial charge in [0.25, 0.3) is 0 Å². The molecule has 3 rings (SSSR count). The van der Waals surface area contributed by atoms with Gasteiger partial charge < -0.3 is 10.2 Å². The molecule has 0 radical (unpaired) electrons. The van der Waals surface area contributed by atoms with Crippen LogP contribution in [0.1, 0.15) is 37.7 Å². The highest BCUT2D eigenvalue weighted by molar-refractivity contribution is 7.89. The van der Waals surface area contributed by atoms with Crippen LogP contribution in [0.2, 0.25) is 0 Å². The van der Waals surface area contributed by atoms with Gasteiger partial charge in [0.1, 0.15) is 0 Å². The maximum absolute atomic E-state index is 12.8. The van der Waals surface area contributed by atoms with E-state index in [0.29, 0.717) is 18.7 Å². The van der Waals surface area contributed by atoms with Crippen molar-refractivity contribution in [3.05, 3.63) is 60.2 Å². The Morgan fingerprint density at radius 2 is 1.68 bits per heavy atom. The molecule has 0 bridgehead atoms. The van der Waals surface area contributed by atoms with Gasteiger partial charge in [0, 0.05) is 32.2 Å². The molecule has 0 unspecified atom stereocenters. The van der Waals surface area contributed by atoms with Gasteiger partial charge >= 0.3 is 0 Å². The highest BCUT2D eigenvalue weighted by atomic mass is 32.2. The maximum atomic E-state index is 12.8. The fourth-order valence-electron chi connectivity index (χ4n) is 3.57. The first-order valence-electron chi connectivity index (χ1n) is 10.5. The normalized spacial score (nSPS) is 15.4. The zero-order valence-electron chi connectivity index (χ0n) is 17.8. The molecule has 0 atom stereocenters. The molecule has 31 heavy (non-hydrogen) atoms. The fourth-order valence-corrected chi connectivity index (χ4v) is 4.73. The summed E-state index contributed by atoms with van der Waals surface area (Å²) in [6.07, 6.45) is 4.38. The number of carbonyl (C=O) groups excluding carboxylic acids is 2. The van der Waals surface area contributed by atoms with Crippen molar-refractivity contribution in [1.82, 2.24) is 9.21 Å². The van der Waals surface area contributed by atoms with Gasteiger partial charge in [0.2, 0.25) is 21.8 Å². The quantitative estimate of drug-likeness (QED) is 0.712. The number of sulfonamides is 1. The van der Waals surface area contributed by atoms with Gasteiger partial charge in [-0.1, -0.05) is 43.2 Å². The zero-order valence-corrected chi connectivity index (χ0v) is 18.6. The summed E-state index contributed by atoms with van der Waals surface area (Å²) in [7, 11) is -2.11. The van der Waals surface area contributed by atoms with Crippen molar-refractivity contribution < 1.29 is 18.0 Å². The number of amides is 2. The second-order valence-corrected chi connectivity index (χ2v) is 9.84. The molecule has 0 aromatic heterocycles. The van der Waals surface area contributed by atoms with Gasteiger partial charge in [-0.05, 0) is 42.7 Å². The Morgan fingerprint density at radius 3 is 2.39 bits per heavy atom. The third-order valence-corrected chi connectivity index (χ3v) is 7.17. The summed E-state index contributed by atoms with van der Waals surface area (Å²) in [5.41, 5.74) is 1.39. The van der Waals surface area contributed by atoms with Crippen LogP contribution >= 0.6 is 0 Å². The first kappa shape index (κ1) is 23.0. The largest absolute Gasteiger partial charge is 0.333 e. The molecule has 1 heterocycles. The lowest BCUT2D eigenvalue weighted by Crippen LogP contribution is -2.39. The van der Waals surface area contributed by atoms with Gasteiger partial charge in [-0.25, -0.2) is 8.42 Å². The average Bonchev–Trinajstić information content (AvgIpc) is 2.74. The second-order valence-electron chi connectivity index (χ2n) is 7.80. The Hall–Kier alpha value is -2.71. The maximum Gasteiger partial charge on any atom is 0.243 e. The second kappa shape index (κ2) is 10.5. The van der Waals surface area contributed by atoms with Crippen molar-refractivity contribution in [2.24, 2.45) is 0 Å². The molecule has 0 saturated carbocycles. The predicted molar refractivity (Wildman–Crippen MR) is 120 cm³/mol. The molecule has 1 saturated heterocycles. The van der Waals surface area contributed by atoms with E-state index in [1.165, 1.54) is 16.4 Å². The van der Waals surface area contributed by atoms with Gasteiger partial charge in [-0.3, -0.25) is 9.59 Å². The number of carbonyl (C=O) groups is 2. The van der Waals surface area contributed by atoms with Crippen LogP contribution in [0.25, 0.3) is 0 Å². The van der Waals surface area contributed by atoms with E-state index in [1.54, 1.807) is 24.1 Å². The summed E-state index contributed by atoms with van der Waals surface area (Å²) < 4.78 is 26.9. The third kappa shape index (κ3) is 6.38. The lowest BCUT2D eigenvalue weighted by molar-refractivity contribution is -0.135. The third-order valence-electron chi connectivity index (χ3n) is 5.35. The Bertz CT molecular complexity index is 991. The minimum absolute atomic E-state index is 0.0118. The van der Waals surface area contributed by atoms with E-state index in [1.807, 2.05) is 30.3 Å². The molecule has 7 nitrogen and oxygen atoms in total. The summed E-state index contributed by atoms with van der Waals surface area (Å²) in [5.74, 6) is -0.275. The van der Waals surface area contributed by atoms with Crippen LogP contribution in [0.5, 0.6) is 0 Å². The van der Waals surface area contributed by atoms with E-state index in [-0.39, 0.29) is 29.8 Å². The van der Waals surface area contributed by atoms with Crippen molar-refractivity contribution in [3.8, 4) is 0 Å². The number of rotatable bonds is 7. The lowest BCUT2D eigenvalue weighted by Gasteiger charge is -2.24. The zero-order chi connectivity index (χ0) is 22.3. The monoisotopic (exact) mass is 443 g/mol. The highest BCUT2D eigenvalue weighted by Crippen LogP contribution is 2.19. The van der Waals surface area contributed by atoms with E-state index in [9.17, 15) is 18.0 Å². The van der Waals surface area contributed by atoms with E-state index < -0.39 is 10.0 Å². The molecule has 2 amide bonds. The molecule has 0 spiro atoms. The first-order chi connectivity index (χ1) is 14.9. The summed E-state index contributed by atoms with van der Waals surface area (Å²) >= 11 is 0. The minimum atomic E-state index is -3.65. The van der Waals surface area contributed by atoms with Gasteiger partial charge in [-0.2, -0.15) is 4.31 Å². The molecule has 166 valence electrons. The number of benzene rings is 2. The van der Waals surface area contributed by atoms with Crippen molar-refractivity contribution in [1.29, 1.82) is 0 Å². The van der Waals surface area contributed by atoms with Crippen molar-refractivity contribution in [2.45, 2.75) is 43.5 Å². The summed E-state index contributed by atoms with van der Waals surface area (Å²) in [5, 5.41) is 2.75. The number of hydrogen-bond acceptors (Lipinski definition) is 4. The predicted octanol–water partition coefficient (Wildman–Crippen LogP) is 3.24. The van der Waals surface area contributed by atoms with Crippen LogP contribution in [-0.2, 0) is 26.2 Å². The molecular formula is C23H29N3O4S. The first-order valence-corrected chi connectivity index (χ1v) is 12.0. The number of nitrogens with one attached hydrogen (secondary N) is 1. The van der Waals surface area contributed by atoms with E-state index in [2.05, 4.69) is 5.32 Å². The highest BCUT2D eigenvalue weighted by Gasteiger charge is 2.21. The molecule has 1 aliphatic rings. The van der Waals surface area contributed by atoms with E-state index >= 15 is 0 Å². The number of anilines is 1. The number of nitrogens with zero attached hydrogens (tertiary/aromatic N) is 2. The topological polar surface area (TPSA) is 86.8 Å². The van der Waals surface area contributed by atoms with E-state index in [0.717, 1.165) is 31.2 Å². The van der Waals surface area contributed by atoms with Crippen LogP contribution in [0.15, 0.2) is 59.5 Å². The Balaban J connectivity index is 1.59. The van der Waals surface area contributed by atoms with Crippen molar-refractivity contribution >= 4 is 27.5 Å². The van der Waals surface area contributed by atoms with Crippen LogP contribution in [0, 0.1) is 0 Å². The molecule has 1 fully saturated rings.